The van der Waals surface area contributed by atoms with E-state index in [0.29, 0.717) is 5.82 Å². The van der Waals surface area contributed by atoms with Gasteiger partial charge < -0.3 is 5.11 Å². The van der Waals surface area contributed by atoms with E-state index in [2.05, 4.69) is 16.9 Å². The van der Waals surface area contributed by atoms with Crippen molar-refractivity contribution >= 4 is 5.97 Å². The Morgan fingerprint density at radius 3 is 2.93 bits per heavy atom. The molecule has 0 aliphatic heterocycles. The van der Waals surface area contributed by atoms with Crippen molar-refractivity contribution in [3.05, 3.63) is 23.8 Å². The SMILES string of the molecule is CCCc1ccnc(C(C)CC(=O)O)n1. The minimum Gasteiger partial charge on any atom is -0.481 e. The third-order valence-electron chi connectivity index (χ3n) is 2.16. The van der Waals surface area contributed by atoms with Crippen molar-refractivity contribution < 1.29 is 9.90 Å². The highest BCUT2D eigenvalue weighted by Gasteiger charge is 2.12. The molecule has 0 radical (unpaired) electrons. The first-order valence-corrected chi connectivity index (χ1v) is 5.17. The second-order valence-electron chi connectivity index (χ2n) is 3.66. The van der Waals surface area contributed by atoms with Gasteiger partial charge in [0.15, 0.2) is 0 Å². The molecule has 0 fully saturated rings. The van der Waals surface area contributed by atoms with Gasteiger partial charge in [0.2, 0.25) is 0 Å². The minimum atomic E-state index is -0.813. The summed E-state index contributed by atoms with van der Waals surface area (Å²) in [5, 5.41) is 8.66. The third kappa shape index (κ3) is 3.65. The number of carbonyl (C=O) groups is 1. The summed E-state index contributed by atoms with van der Waals surface area (Å²) in [6.45, 7) is 3.92. The second-order valence-corrected chi connectivity index (χ2v) is 3.66. The average Bonchev–Trinajstić information content (AvgIpc) is 2.17. The van der Waals surface area contributed by atoms with Gasteiger partial charge in [0.25, 0.3) is 0 Å². The van der Waals surface area contributed by atoms with E-state index >= 15 is 0 Å². The van der Waals surface area contributed by atoms with Crippen LogP contribution in [0.15, 0.2) is 12.3 Å². The van der Waals surface area contributed by atoms with E-state index in [1.165, 1.54) is 0 Å². The van der Waals surface area contributed by atoms with E-state index in [1.54, 1.807) is 6.20 Å². The zero-order valence-corrected chi connectivity index (χ0v) is 9.10. The summed E-state index contributed by atoms with van der Waals surface area (Å²) in [6.07, 6.45) is 3.72. The Balaban J connectivity index is 2.75. The van der Waals surface area contributed by atoms with E-state index in [0.717, 1.165) is 18.5 Å². The molecule has 0 amide bonds. The maximum atomic E-state index is 10.5. The molecule has 0 bridgehead atoms. The molecule has 0 aliphatic carbocycles. The van der Waals surface area contributed by atoms with Crippen molar-refractivity contribution in [1.82, 2.24) is 9.97 Å². The molecule has 1 aromatic rings. The molecule has 0 spiro atoms. The van der Waals surface area contributed by atoms with Crippen LogP contribution in [0.4, 0.5) is 0 Å². The van der Waals surface area contributed by atoms with E-state index in [1.807, 2.05) is 13.0 Å². The van der Waals surface area contributed by atoms with Crippen LogP contribution in [0.3, 0.4) is 0 Å². The number of carboxylic acids is 1. The summed E-state index contributed by atoms with van der Waals surface area (Å²) in [5.74, 6) is -0.311. The lowest BCUT2D eigenvalue weighted by Gasteiger charge is -2.08. The zero-order valence-electron chi connectivity index (χ0n) is 9.10. The van der Waals surface area contributed by atoms with Crippen molar-refractivity contribution in [2.45, 2.75) is 39.0 Å². The second kappa shape index (κ2) is 5.44. The van der Waals surface area contributed by atoms with Gasteiger partial charge in [-0.3, -0.25) is 4.79 Å². The summed E-state index contributed by atoms with van der Waals surface area (Å²) in [5.41, 5.74) is 0.986. The summed E-state index contributed by atoms with van der Waals surface area (Å²) >= 11 is 0. The molecule has 0 aliphatic rings. The molecule has 1 atom stereocenters. The number of hydrogen-bond donors (Lipinski definition) is 1. The number of hydrogen-bond acceptors (Lipinski definition) is 3. The van der Waals surface area contributed by atoms with Crippen LogP contribution in [-0.2, 0) is 11.2 Å². The lowest BCUT2D eigenvalue weighted by Crippen LogP contribution is -2.07. The molecule has 0 saturated heterocycles. The molecular weight excluding hydrogens is 192 g/mol. The van der Waals surface area contributed by atoms with Gasteiger partial charge in [-0.1, -0.05) is 20.3 Å². The van der Waals surface area contributed by atoms with Crippen molar-refractivity contribution in [1.29, 1.82) is 0 Å². The third-order valence-corrected chi connectivity index (χ3v) is 2.16. The van der Waals surface area contributed by atoms with Crippen LogP contribution in [0, 0.1) is 0 Å². The van der Waals surface area contributed by atoms with Gasteiger partial charge in [-0.05, 0) is 12.5 Å². The molecule has 1 heterocycles. The van der Waals surface area contributed by atoms with Crippen molar-refractivity contribution in [3.8, 4) is 0 Å². The molecule has 1 N–H and O–H groups in total. The molecule has 0 saturated carbocycles. The fraction of sp³-hybridized carbons (Fsp3) is 0.545. The van der Waals surface area contributed by atoms with E-state index in [4.69, 9.17) is 5.11 Å². The number of aromatic nitrogens is 2. The number of aryl methyl sites for hydroxylation is 1. The first-order valence-electron chi connectivity index (χ1n) is 5.17. The normalized spacial score (nSPS) is 12.4. The topological polar surface area (TPSA) is 63.1 Å². The fourth-order valence-electron chi connectivity index (χ4n) is 1.40. The first-order chi connectivity index (χ1) is 7.13. The Kier molecular flexibility index (Phi) is 4.21. The molecule has 82 valence electrons. The molecule has 0 aromatic carbocycles. The Morgan fingerprint density at radius 2 is 2.33 bits per heavy atom. The van der Waals surface area contributed by atoms with Crippen LogP contribution in [-0.4, -0.2) is 21.0 Å². The van der Waals surface area contributed by atoms with Crippen molar-refractivity contribution in [3.63, 3.8) is 0 Å². The van der Waals surface area contributed by atoms with Gasteiger partial charge in [0.05, 0.1) is 6.42 Å². The molecule has 1 rings (SSSR count). The molecular formula is C11H16N2O2. The first kappa shape index (κ1) is 11.6. The van der Waals surface area contributed by atoms with Crippen molar-refractivity contribution in [2.24, 2.45) is 0 Å². The van der Waals surface area contributed by atoms with Gasteiger partial charge in [-0.2, -0.15) is 0 Å². The Morgan fingerprint density at radius 1 is 1.60 bits per heavy atom. The summed E-state index contributed by atoms with van der Waals surface area (Å²) in [6, 6.07) is 1.88. The van der Waals surface area contributed by atoms with Gasteiger partial charge in [0, 0.05) is 17.8 Å². The number of rotatable bonds is 5. The largest absolute Gasteiger partial charge is 0.481 e. The number of carboxylic acid groups (broad SMARTS) is 1. The monoisotopic (exact) mass is 208 g/mol. The van der Waals surface area contributed by atoms with Crippen LogP contribution in [0.2, 0.25) is 0 Å². The number of aliphatic carboxylic acids is 1. The zero-order chi connectivity index (χ0) is 11.3. The van der Waals surface area contributed by atoms with E-state index in [9.17, 15) is 4.79 Å². The van der Waals surface area contributed by atoms with Gasteiger partial charge in [0.1, 0.15) is 5.82 Å². The molecule has 15 heavy (non-hydrogen) atoms. The van der Waals surface area contributed by atoms with Crippen LogP contribution in [0.1, 0.15) is 44.1 Å². The highest BCUT2D eigenvalue weighted by Crippen LogP contribution is 2.14. The molecule has 4 heteroatoms. The van der Waals surface area contributed by atoms with Crippen molar-refractivity contribution in [2.75, 3.05) is 0 Å². The fourth-order valence-corrected chi connectivity index (χ4v) is 1.40. The summed E-state index contributed by atoms with van der Waals surface area (Å²) in [7, 11) is 0. The predicted molar refractivity (Wildman–Crippen MR) is 56.7 cm³/mol. The van der Waals surface area contributed by atoms with Crippen LogP contribution in [0.5, 0.6) is 0 Å². The molecule has 1 unspecified atom stereocenters. The van der Waals surface area contributed by atoms with Crippen LogP contribution in [0.25, 0.3) is 0 Å². The predicted octanol–water partition coefficient (Wildman–Crippen LogP) is 2.01. The van der Waals surface area contributed by atoms with Crippen LogP contribution >= 0.6 is 0 Å². The Bertz CT molecular complexity index is 339. The highest BCUT2D eigenvalue weighted by molar-refractivity contribution is 5.67. The van der Waals surface area contributed by atoms with Gasteiger partial charge in [-0.25, -0.2) is 9.97 Å². The average molecular weight is 208 g/mol. The smallest absolute Gasteiger partial charge is 0.304 e. The quantitative estimate of drug-likeness (QED) is 0.803. The Labute approximate surface area is 89.4 Å². The standard InChI is InChI=1S/C11H16N2O2/c1-3-4-9-5-6-12-11(13-9)8(2)7-10(14)15/h5-6,8H,3-4,7H2,1-2H3,(H,14,15). The van der Waals surface area contributed by atoms with Gasteiger partial charge >= 0.3 is 5.97 Å². The lowest BCUT2D eigenvalue weighted by atomic mass is 10.1. The number of nitrogens with zero attached hydrogens (tertiary/aromatic N) is 2. The van der Waals surface area contributed by atoms with Crippen LogP contribution < -0.4 is 0 Å². The summed E-state index contributed by atoms with van der Waals surface area (Å²) in [4.78, 5) is 19.0. The van der Waals surface area contributed by atoms with E-state index in [-0.39, 0.29) is 12.3 Å². The van der Waals surface area contributed by atoms with E-state index < -0.39 is 5.97 Å². The molecule has 4 nitrogen and oxygen atoms in total. The summed E-state index contributed by atoms with van der Waals surface area (Å²) < 4.78 is 0. The Hall–Kier alpha value is -1.45. The molecule has 1 aromatic heterocycles. The minimum absolute atomic E-state index is 0.0789. The highest BCUT2D eigenvalue weighted by atomic mass is 16.4. The van der Waals surface area contributed by atoms with Gasteiger partial charge in [-0.15, -0.1) is 0 Å². The maximum Gasteiger partial charge on any atom is 0.304 e. The maximum absolute atomic E-state index is 10.5. The lowest BCUT2D eigenvalue weighted by molar-refractivity contribution is -0.137.